The number of hydrogen-bond acceptors (Lipinski definition) is 3. The van der Waals surface area contributed by atoms with E-state index in [-0.39, 0.29) is 0 Å². The first kappa shape index (κ1) is 11.7. The standard InChI is InChI=1S/C14H10N2O2S/c17-14(18)10-6-13(19-9-10)11-7-15-16(8-11)12-4-2-1-3-5-12/h1-9H,(H,17,18). The molecule has 3 aromatic rings. The van der Waals surface area contributed by atoms with E-state index in [4.69, 9.17) is 5.11 Å². The number of carbonyl (C=O) groups is 1. The van der Waals surface area contributed by atoms with Gasteiger partial charge in [0.2, 0.25) is 0 Å². The monoisotopic (exact) mass is 270 g/mol. The van der Waals surface area contributed by atoms with Crippen molar-refractivity contribution >= 4 is 17.3 Å². The van der Waals surface area contributed by atoms with Crippen molar-refractivity contribution in [2.45, 2.75) is 0 Å². The Balaban J connectivity index is 1.94. The number of para-hydroxylation sites is 1. The summed E-state index contributed by atoms with van der Waals surface area (Å²) in [4.78, 5) is 11.8. The fourth-order valence-corrected chi connectivity index (χ4v) is 2.63. The quantitative estimate of drug-likeness (QED) is 0.794. The molecule has 0 unspecified atom stereocenters. The minimum absolute atomic E-state index is 0.312. The molecule has 0 saturated heterocycles. The maximum Gasteiger partial charge on any atom is 0.336 e. The molecular formula is C14H10N2O2S. The molecule has 5 heteroatoms. The van der Waals surface area contributed by atoms with Crippen LogP contribution in [-0.2, 0) is 0 Å². The molecule has 0 fully saturated rings. The van der Waals surface area contributed by atoms with E-state index in [1.807, 2.05) is 36.5 Å². The summed E-state index contributed by atoms with van der Waals surface area (Å²) in [5.74, 6) is -0.905. The van der Waals surface area contributed by atoms with Crippen molar-refractivity contribution in [3.63, 3.8) is 0 Å². The van der Waals surface area contributed by atoms with Crippen LogP contribution in [0.15, 0.2) is 54.2 Å². The van der Waals surface area contributed by atoms with Crippen LogP contribution >= 0.6 is 11.3 Å². The van der Waals surface area contributed by atoms with Crippen LogP contribution in [0.5, 0.6) is 0 Å². The van der Waals surface area contributed by atoms with Gasteiger partial charge in [-0.05, 0) is 18.2 Å². The minimum Gasteiger partial charge on any atom is -0.478 e. The molecule has 94 valence electrons. The van der Waals surface area contributed by atoms with E-state index < -0.39 is 5.97 Å². The van der Waals surface area contributed by atoms with Crippen molar-refractivity contribution in [3.05, 3.63) is 59.7 Å². The number of carboxylic acids is 1. The van der Waals surface area contributed by atoms with Crippen LogP contribution in [-0.4, -0.2) is 20.9 Å². The zero-order chi connectivity index (χ0) is 13.2. The Labute approximate surface area is 113 Å². The molecule has 1 N–H and O–H groups in total. The zero-order valence-corrected chi connectivity index (χ0v) is 10.7. The van der Waals surface area contributed by atoms with Crippen molar-refractivity contribution in [2.75, 3.05) is 0 Å². The smallest absolute Gasteiger partial charge is 0.336 e. The largest absolute Gasteiger partial charge is 0.478 e. The molecule has 0 radical (unpaired) electrons. The number of thiophene rings is 1. The number of benzene rings is 1. The number of hydrogen-bond donors (Lipinski definition) is 1. The third-order valence-electron chi connectivity index (χ3n) is 2.73. The Kier molecular flexibility index (Phi) is 2.89. The average molecular weight is 270 g/mol. The maximum absolute atomic E-state index is 10.9. The highest BCUT2D eigenvalue weighted by Gasteiger charge is 2.09. The van der Waals surface area contributed by atoms with Gasteiger partial charge < -0.3 is 5.11 Å². The lowest BCUT2D eigenvalue weighted by molar-refractivity contribution is 0.0697. The molecular weight excluding hydrogens is 260 g/mol. The molecule has 0 atom stereocenters. The first-order valence-electron chi connectivity index (χ1n) is 5.66. The molecule has 19 heavy (non-hydrogen) atoms. The summed E-state index contributed by atoms with van der Waals surface area (Å²) in [6.45, 7) is 0. The van der Waals surface area contributed by atoms with Crippen molar-refractivity contribution in [1.82, 2.24) is 9.78 Å². The molecule has 0 aliphatic heterocycles. The molecule has 2 heterocycles. The number of nitrogens with zero attached hydrogens (tertiary/aromatic N) is 2. The molecule has 0 aliphatic carbocycles. The lowest BCUT2D eigenvalue weighted by atomic mass is 10.2. The molecule has 4 nitrogen and oxygen atoms in total. The van der Waals surface area contributed by atoms with Gasteiger partial charge in [0.05, 0.1) is 17.4 Å². The fourth-order valence-electron chi connectivity index (χ4n) is 1.77. The van der Waals surface area contributed by atoms with E-state index in [1.165, 1.54) is 11.3 Å². The summed E-state index contributed by atoms with van der Waals surface area (Å²) >= 11 is 1.41. The second-order valence-corrected chi connectivity index (χ2v) is 4.93. The summed E-state index contributed by atoms with van der Waals surface area (Å²) in [6, 6.07) is 11.4. The van der Waals surface area contributed by atoms with E-state index in [9.17, 15) is 4.79 Å². The van der Waals surface area contributed by atoms with Gasteiger partial charge in [0.1, 0.15) is 0 Å². The number of carboxylic acid groups (broad SMARTS) is 1. The van der Waals surface area contributed by atoms with Crippen LogP contribution in [0.3, 0.4) is 0 Å². The Hall–Kier alpha value is -2.40. The normalized spacial score (nSPS) is 10.5. The molecule has 0 bridgehead atoms. The van der Waals surface area contributed by atoms with Gasteiger partial charge in [0.15, 0.2) is 0 Å². The third kappa shape index (κ3) is 2.28. The zero-order valence-electron chi connectivity index (χ0n) is 9.85. The first-order valence-corrected chi connectivity index (χ1v) is 6.54. The maximum atomic E-state index is 10.9. The summed E-state index contributed by atoms with van der Waals surface area (Å²) in [5, 5.41) is 14.8. The molecule has 0 aliphatic rings. The lowest BCUT2D eigenvalue weighted by Crippen LogP contribution is -1.92. The van der Waals surface area contributed by atoms with Crippen molar-refractivity contribution in [1.29, 1.82) is 0 Å². The highest BCUT2D eigenvalue weighted by atomic mass is 32.1. The van der Waals surface area contributed by atoms with Crippen LogP contribution in [0.1, 0.15) is 10.4 Å². The van der Waals surface area contributed by atoms with Crippen LogP contribution in [0, 0.1) is 0 Å². The fraction of sp³-hybridized carbons (Fsp3) is 0. The highest BCUT2D eigenvalue weighted by Crippen LogP contribution is 2.27. The second kappa shape index (κ2) is 4.70. The number of aromatic nitrogens is 2. The molecule has 0 saturated carbocycles. The van der Waals surface area contributed by atoms with Gasteiger partial charge in [0.25, 0.3) is 0 Å². The van der Waals surface area contributed by atoms with Crippen molar-refractivity contribution in [2.24, 2.45) is 0 Å². The van der Waals surface area contributed by atoms with Gasteiger partial charge in [-0.2, -0.15) is 5.10 Å². The molecule has 0 amide bonds. The van der Waals surface area contributed by atoms with Gasteiger partial charge in [-0.15, -0.1) is 11.3 Å². The SMILES string of the molecule is O=C(O)c1csc(-c2cnn(-c3ccccc3)c2)c1. The lowest BCUT2D eigenvalue weighted by Gasteiger charge is -1.98. The molecule has 2 aromatic heterocycles. The Morgan fingerprint density at radius 1 is 1.26 bits per heavy atom. The minimum atomic E-state index is -0.905. The van der Waals surface area contributed by atoms with Crippen molar-refractivity contribution < 1.29 is 9.90 Å². The number of aromatic carboxylic acids is 1. The predicted octanol–water partition coefficient (Wildman–Crippen LogP) is 3.30. The Bertz CT molecular complexity index is 716. The first-order chi connectivity index (χ1) is 9.24. The van der Waals surface area contributed by atoms with Gasteiger partial charge in [-0.3, -0.25) is 0 Å². The molecule has 1 aromatic carbocycles. The molecule has 3 rings (SSSR count). The summed E-state index contributed by atoms with van der Waals surface area (Å²) in [7, 11) is 0. The van der Waals surface area contributed by atoms with E-state index in [2.05, 4.69) is 5.10 Å². The van der Waals surface area contributed by atoms with Crippen molar-refractivity contribution in [3.8, 4) is 16.1 Å². The Morgan fingerprint density at radius 2 is 2.05 bits per heavy atom. The van der Waals surface area contributed by atoms with Crippen LogP contribution in [0.4, 0.5) is 0 Å². The summed E-state index contributed by atoms with van der Waals surface area (Å²) < 4.78 is 1.77. The van der Waals surface area contributed by atoms with Crippen LogP contribution < -0.4 is 0 Å². The predicted molar refractivity (Wildman–Crippen MR) is 73.8 cm³/mol. The summed E-state index contributed by atoms with van der Waals surface area (Å²) in [5.41, 5.74) is 2.21. The van der Waals surface area contributed by atoms with Gasteiger partial charge >= 0.3 is 5.97 Å². The number of rotatable bonds is 3. The average Bonchev–Trinajstić information content (AvgIpc) is 3.09. The van der Waals surface area contributed by atoms with Gasteiger partial charge in [-0.25, -0.2) is 9.48 Å². The van der Waals surface area contributed by atoms with Gasteiger partial charge in [0, 0.05) is 22.0 Å². The Morgan fingerprint density at radius 3 is 2.74 bits per heavy atom. The van der Waals surface area contributed by atoms with E-state index >= 15 is 0 Å². The van der Waals surface area contributed by atoms with E-state index in [0.717, 1.165) is 16.1 Å². The van der Waals surface area contributed by atoms with Crippen LogP contribution in [0.2, 0.25) is 0 Å². The van der Waals surface area contributed by atoms with E-state index in [1.54, 1.807) is 22.3 Å². The molecule has 0 spiro atoms. The topological polar surface area (TPSA) is 55.1 Å². The van der Waals surface area contributed by atoms with E-state index in [0.29, 0.717) is 5.56 Å². The summed E-state index contributed by atoms with van der Waals surface area (Å²) in [6.07, 6.45) is 3.64. The second-order valence-electron chi connectivity index (χ2n) is 4.01. The third-order valence-corrected chi connectivity index (χ3v) is 3.71. The van der Waals surface area contributed by atoms with Gasteiger partial charge in [-0.1, -0.05) is 18.2 Å². The van der Waals surface area contributed by atoms with Crippen LogP contribution in [0.25, 0.3) is 16.1 Å². The highest BCUT2D eigenvalue weighted by molar-refractivity contribution is 7.13.